The first-order chi connectivity index (χ1) is 9.24. The predicted molar refractivity (Wildman–Crippen MR) is 81.7 cm³/mol. The number of fused-ring (bicyclic) bond motifs is 1. The molecule has 0 aliphatic heterocycles. The molecule has 0 aliphatic carbocycles. The molecule has 0 radical (unpaired) electrons. The van der Waals surface area contributed by atoms with Crippen molar-refractivity contribution in [3.8, 4) is 0 Å². The first-order valence-corrected chi connectivity index (χ1v) is 7.40. The molecule has 0 spiro atoms. The molecule has 0 amide bonds. The second-order valence-electron chi connectivity index (χ2n) is 3.86. The highest BCUT2D eigenvalue weighted by molar-refractivity contribution is 9.10. The molecule has 19 heavy (non-hydrogen) atoms. The van der Waals surface area contributed by atoms with E-state index in [9.17, 15) is 0 Å². The number of benzene rings is 1. The summed E-state index contributed by atoms with van der Waals surface area (Å²) in [5.41, 5.74) is 3.37. The summed E-state index contributed by atoms with van der Waals surface area (Å²) >= 11 is 10.7. The zero-order chi connectivity index (χ0) is 13.2. The Kier molecular flexibility index (Phi) is 3.63. The van der Waals surface area contributed by atoms with Crippen LogP contribution in [0.5, 0.6) is 0 Å². The Balaban J connectivity index is 1.89. The first kappa shape index (κ1) is 12.8. The number of nitrogens with one attached hydrogen (secondary N) is 1. The van der Waals surface area contributed by atoms with Gasteiger partial charge in [-0.15, -0.1) is 0 Å². The molecule has 3 aromatic rings. The number of aromatic nitrogens is 3. The molecule has 4 nitrogen and oxygen atoms in total. The first-order valence-electron chi connectivity index (χ1n) is 5.50. The molecule has 0 aliphatic rings. The summed E-state index contributed by atoms with van der Waals surface area (Å²) in [6.07, 6.45) is 0. The molecular weight excluding hydrogens is 348 g/mol. The summed E-state index contributed by atoms with van der Waals surface area (Å²) in [6, 6.07) is 9.47. The van der Waals surface area contributed by atoms with Crippen molar-refractivity contribution in [2.75, 3.05) is 5.32 Å². The fraction of sp³-hybridized carbons (Fsp3) is 0.0833. The maximum Gasteiger partial charge on any atom is 0.129 e. The fourth-order valence-electron chi connectivity index (χ4n) is 1.72. The van der Waals surface area contributed by atoms with Gasteiger partial charge in [0.25, 0.3) is 0 Å². The van der Waals surface area contributed by atoms with Crippen molar-refractivity contribution in [2.24, 2.45) is 0 Å². The second-order valence-corrected chi connectivity index (χ2v) is 5.61. The minimum atomic E-state index is 0.579. The van der Waals surface area contributed by atoms with Gasteiger partial charge in [-0.3, -0.25) is 0 Å². The third-order valence-electron chi connectivity index (χ3n) is 2.60. The largest absolute Gasteiger partial charge is 0.376 e. The van der Waals surface area contributed by atoms with Gasteiger partial charge in [0, 0.05) is 0 Å². The summed E-state index contributed by atoms with van der Waals surface area (Å²) in [5.74, 6) is 0. The molecule has 0 unspecified atom stereocenters. The summed E-state index contributed by atoms with van der Waals surface area (Å²) < 4.78 is 9.27. The SMILES string of the molecule is Clc1ccc2nsnc2c1NCc1cccc(Br)n1. The Morgan fingerprint density at radius 2 is 2.11 bits per heavy atom. The van der Waals surface area contributed by atoms with Crippen LogP contribution in [0.3, 0.4) is 0 Å². The van der Waals surface area contributed by atoms with E-state index in [1.165, 1.54) is 11.7 Å². The van der Waals surface area contributed by atoms with E-state index in [4.69, 9.17) is 11.6 Å². The minimum Gasteiger partial charge on any atom is -0.376 e. The molecule has 2 aromatic heterocycles. The standard InChI is InChI=1S/C12H8BrClN4S/c13-10-3-1-2-7(16-10)6-15-11-8(14)4-5-9-12(11)18-19-17-9/h1-5,15H,6H2. The number of halogens is 2. The van der Waals surface area contributed by atoms with Crippen LogP contribution in [0.4, 0.5) is 5.69 Å². The van der Waals surface area contributed by atoms with Crippen LogP contribution in [0.2, 0.25) is 5.02 Å². The van der Waals surface area contributed by atoms with E-state index < -0.39 is 0 Å². The lowest BCUT2D eigenvalue weighted by atomic mass is 10.2. The molecule has 0 atom stereocenters. The lowest BCUT2D eigenvalue weighted by Gasteiger charge is -2.08. The van der Waals surface area contributed by atoms with Gasteiger partial charge >= 0.3 is 0 Å². The maximum absolute atomic E-state index is 6.20. The second kappa shape index (κ2) is 5.40. The molecule has 1 N–H and O–H groups in total. The quantitative estimate of drug-likeness (QED) is 0.718. The van der Waals surface area contributed by atoms with E-state index in [0.717, 1.165) is 27.0 Å². The highest BCUT2D eigenvalue weighted by Crippen LogP contribution is 2.30. The molecule has 0 bridgehead atoms. The number of pyridine rings is 1. The van der Waals surface area contributed by atoms with Gasteiger partial charge in [0.05, 0.1) is 34.7 Å². The Bertz CT molecular complexity index is 731. The number of nitrogens with zero attached hydrogens (tertiary/aromatic N) is 3. The van der Waals surface area contributed by atoms with E-state index in [0.29, 0.717) is 11.6 Å². The van der Waals surface area contributed by atoms with Crippen molar-refractivity contribution < 1.29 is 0 Å². The van der Waals surface area contributed by atoms with Gasteiger partial charge in [-0.2, -0.15) is 8.75 Å². The van der Waals surface area contributed by atoms with Crippen LogP contribution in [0, 0.1) is 0 Å². The van der Waals surface area contributed by atoms with Gasteiger partial charge in [0.15, 0.2) is 0 Å². The van der Waals surface area contributed by atoms with Crippen LogP contribution in [0.1, 0.15) is 5.69 Å². The van der Waals surface area contributed by atoms with Gasteiger partial charge in [-0.25, -0.2) is 4.98 Å². The maximum atomic E-state index is 6.20. The zero-order valence-corrected chi connectivity index (χ0v) is 12.8. The third-order valence-corrected chi connectivity index (χ3v) is 3.90. The lowest BCUT2D eigenvalue weighted by molar-refractivity contribution is 1.03. The average Bonchev–Trinajstić information content (AvgIpc) is 2.86. The van der Waals surface area contributed by atoms with Crippen LogP contribution in [0.15, 0.2) is 34.9 Å². The van der Waals surface area contributed by atoms with Gasteiger partial charge in [-0.05, 0) is 40.2 Å². The summed E-state index contributed by atoms with van der Waals surface area (Å²) in [6.45, 7) is 0.579. The Morgan fingerprint density at radius 1 is 1.21 bits per heavy atom. The van der Waals surface area contributed by atoms with Crippen molar-refractivity contribution in [1.82, 2.24) is 13.7 Å². The average molecular weight is 356 g/mol. The van der Waals surface area contributed by atoms with Gasteiger partial charge in [0.1, 0.15) is 15.6 Å². The van der Waals surface area contributed by atoms with Crippen LogP contribution in [-0.2, 0) is 6.54 Å². The Labute approximate surface area is 127 Å². The number of anilines is 1. The molecule has 3 rings (SSSR count). The molecule has 1 aromatic carbocycles. The highest BCUT2D eigenvalue weighted by atomic mass is 79.9. The van der Waals surface area contributed by atoms with E-state index in [1.54, 1.807) is 0 Å². The molecule has 0 fully saturated rings. The topological polar surface area (TPSA) is 50.7 Å². The van der Waals surface area contributed by atoms with E-state index in [1.807, 2.05) is 30.3 Å². The van der Waals surface area contributed by atoms with Crippen LogP contribution in [0.25, 0.3) is 11.0 Å². The van der Waals surface area contributed by atoms with E-state index >= 15 is 0 Å². The molecule has 0 saturated carbocycles. The highest BCUT2D eigenvalue weighted by Gasteiger charge is 2.09. The van der Waals surface area contributed by atoms with Crippen LogP contribution in [-0.4, -0.2) is 13.7 Å². The van der Waals surface area contributed by atoms with Crippen molar-refractivity contribution in [3.05, 3.63) is 45.7 Å². The van der Waals surface area contributed by atoms with Crippen molar-refractivity contribution in [2.45, 2.75) is 6.54 Å². The van der Waals surface area contributed by atoms with Crippen molar-refractivity contribution in [1.29, 1.82) is 0 Å². The molecule has 2 heterocycles. The van der Waals surface area contributed by atoms with Crippen molar-refractivity contribution in [3.63, 3.8) is 0 Å². The van der Waals surface area contributed by atoms with Gasteiger partial charge < -0.3 is 5.32 Å². The molecular formula is C12H8BrClN4S. The minimum absolute atomic E-state index is 0.579. The number of rotatable bonds is 3. The smallest absolute Gasteiger partial charge is 0.129 e. The summed E-state index contributed by atoms with van der Waals surface area (Å²) in [5, 5.41) is 3.91. The molecule has 96 valence electrons. The lowest BCUT2D eigenvalue weighted by Crippen LogP contribution is -2.02. The zero-order valence-electron chi connectivity index (χ0n) is 9.60. The normalized spacial score (nSPS) is 10.8. The summed E-state index contributed by atoms with van der Waals surface area (Å²) in [4.78, 5) is 4.36. The third kappa shape index (κ3) is 2.70. The van der Waals surface area contributed by atoms with Crippen LogP contribution < -0.4 is 5.32 Å². The Morgan fingerprint density at radius 3 is 2.95 bits per heavy atom. The molecule has 0 saturated heterocycles. The molecule has 7 heteroatoms. The van der Waals surface area contributed by atoms with Gasteiger partial charge in [-0.1, -0.05) is 17.7 Å². The summed E-state index contributed by atoms with van der Waals surface area (Å²) in [7, 11) is 0. The van der Waals surface area contributed by atoms with Crippen molar-refractivity contribution >= 4 is 56.0 Å². The van der Waals surface area contributed by atoms with E-state index in [2.05, 4.69) is 35.0 Å². The predicted octanol–water partition coefficient (Wildman–Crippen LogP) is 4.11. The number of hydrogen-bond acceptors (Lipinski definition) is 5. The Hall–Kier alpha value is -1.24. The monoisotopic (exact) mass is 354 g/mol. The number of hydrogen-bond donors (Lipinski definition) is 1. The van der Waals surface area contributed by atoms with E-state index in [-0.39, 0.29) is 0 Å². The fourth-order valence-corrected chi connectivity index (χ4v) is 2.86. The van der Waals surface area contributed by atoms with Crippen LogP contribution >= 0.6 is 39.3 Å². The van der Waals surface area contributed by atoms with Gasteiger partial charge in [0.2, 0.25) is 0 Å².